The van der Waals surface area contributed by atoms with Crippen LogP contribution in [0, 0.1) is 6.92 Å². The summed E-state index contributed by atoms with van der Waals surface area (Å²) in [6.07, 6.45) is 1.10. The lowest BCUT2D eigenvalue weighted by Gasteiger charge is -2.11. The maximum Gasteiger partial charge on any atom is 0.253 e. The molecule has 0 aliphatic rings. The Morgan fingerprint density at radius 1 is 1.35 bits per heavy atom. The summed E-state index contributed by atoms with van der Waals surface area (Å²) in [5, 5.41) is 11.1. The summed E-state index contributed by atoms with van der Waals surface area (Å²) >= 11 is 3.48. The highest BCUT2D eigenvalue weighted by atomic mass is 79.9. The molecule has 20 heavy (non-hydrogen) atoms. The van der Waals surface area contributed by atoms with Crippen molar-refractivity contribution < 1.29 is 9.15 Å². The fourth-order valence-corrected chi connectivity index (χ4v) is 2.17. The molecule has 0 fully saturated rings. The van der Waals surface area contributed by atoms with E-state index in [1.54, 1.807) is 6.92 Å². The third kappa shape index (κ3) is 4.31. The van der Waals surface area contributed by atoms with Gasteiger partial charge in [0.25, 0.3) is 5.89 Å². The number of aromatic nitrogens is 2. The Morgan fingerprint density at radius 3 is 2.90 bits per heavy atom. The van der Waals surface area contributed by atoms with Crippen molar-refractivity contribution in [2.75, 3.05) is 6.54 Å². The monoisotopic (exact) mass is 339 g/mol. The molecule has 0 aliphatic carbocycles. The molecule has 0 spiro atoms. The largest absolute Gasteiger partial charge is 0.483 e. The number of benzene rings is 1. The van der Waals surface area contributed by atoms with Gasteiger partial charge < -0.3 is 14.5 Å². The second-order valence-corrected chi connectivity index (χ2v) is 5.35. The van der Waals surface area contributed by atoms with Gasteiger partial charge in [-0.3, -0.25) is 0 Å². The van der Waals surface area contributed by atoms with Crippen LogP contribution < -0.4 is 10.1 Å². The first-order valence-electron chi connectivity index (χ1n) is 6.60. The van der Waals surface area contributed by atoms with Crippen molar-refractivity contribution in [3.63, 3.8) is 0 Å². The van der Waals surface area contributed by atoms with Crippen LogP contribution in [0.5, 0.6) is 5.75 Å². The number of nitrogens with one attached hydrogen (secondary N) is 1. The molecule has 1 heterocycles. The van der Waals surface area contributed by atoms with Gasteiger partial charge in [-0.05, 0) is 31.2 Å². The lowest BCUT2D eigenvalue weighted by atomic mass is 10.2. The Balaban J connectivity index is 2.01. The number of hydrogen-bond donors (Lipinski definition) is 1. The van der Waals surface area contributed by atoms with E-state index in [0.29, 0.717) is 11.8 Å². The average Bonchev–Trinajstić information content (AvgIpc) is 2.84. The summed E-state index contributed by atoms with van der Waals surface area (Å²) in [4.78, 5) is 0. The minimum Gasteiger partial charge on any atom is -0.483 e. The van der Waals surface area contributed by atoms with Crippen molar-refractivity contribution in [2.24, 2.45) is 0 Å². The zero-order valence-corrected chi connectivity index (χ0v) is 13.2. The molecule has 0 amide bonds. The van der Waals surface area contributed by atoms with Crippen molar-refractivity contribution in [3.05, 3.63) is 40.0 Å². The molecule has 2 rings (SSSR count). The van der Waals surface area contributed by atoms with Gasteiger partial charge in [-0.1, -0.05) is 22.9 Å². The maximum atomic E-state index is 5.77. The van der Waals surface area contributed by atoms with Crippen molar-refractivity contribution in [1.82, 2.24) is 15.5 Å². The van der Waals surface area contributed by atoms with E-state index in [1.807, 2.05) is 12.1 Å². The molecule has 0 unspecified atom stereocenters. The van der Waals surface area contributed by atoms with E-state index in [9.17, 15) is 0 Å². The molecule has 0 bridgehead atoms. The van der Waals surface area contributed by atoms with Crippen LogP contribution in [-0.2, 0) is 13.2 Å². The zero-order valence-electron chi connectivity index (χ0n) is 11.6. The number of nitrogens with zero attached hydrogens (tertiary/aromatic N) is 2. The lowest BCUT2D eigenvalue weighted by Crippen LogP contribution is -2.14. The normalized spacial score (nSPS) is 10.8. The van der Waals surface area contributed by atoms with Gasteiger partial charge in [0, 0.05) is 23.5 Å². The molecule has 6 heteroatoms. The van der Waals surface area contributed by atoms with Crippen LogP contribution in [0.25, 0.3) is 0 Å². The van der Waals surface area contributed by atoms with Crippen LogP contribution in [0.2, 0.25) is 0 Å². The van der Waals surface area contributed by atoms with Gasteiger partial charge in [0.15, 0.2) is 6.61 Å². The van der Waals surface area contributed by atoms with Crippen molar-refractivity contribution in [3.8, 4) is 5.75 Å². The minimum absolute atomic E-state index is 0.281. The van der Waals surface area contributed by atoms with E-state index >= 15 is 0 Å². The van der Waals surface area contributed by atoms with E-state index < -0.39 is 0 Å². The van der Waals surface area contributed by atoms with Crippen molar-refractivity contribution in [2.45, 2.75) is 33.4 Å². The number of ether oxygens (including phenoxy) is 1. The molecule has 0 radical (unpaired) electrons. The topological polar surface area (TPSA) is 60.2 Å². The molecule has 5 nitrogen and oxygen atoms in total. The SMILES string of the molecule is CCCNCc1cc(Br)ccc1OCc1nnc(C)o1. The summed E-state index contributed by atoms with van der Waals surface area (Å²) in [5.74, 6) is 1.86. The van der Waals surface area contributed by atoms with Gasteiger partial charge >= 0.3 is 0 Å². The average molecular weight is 340 g/mol. The van der Waals surface area contributed by atoms with Gasteiger partial charge in [-0.25, -0.2) is 0 Å². The van der Waals surface area contributed by atoms with E-state index in [2.05, 4.69) is 44.4 Å². The molecular weight excluding hydrogens is 322 g/mol. The number of halogens is 1. The Labute approximate surface area is 126 Å². The van der Waals surface area contributed by atoms with Crippen LogP contribution in [0.3, 0.4) is 0 Å². The molecule has 0 atom stereocenters. The highest BCUT2D eigenvalue weighted by molar-refractivity contribution is 9.10. The number of aryl methyl sites for hydroxylation is 1. The van der Waals surface area contributed by atoms with Crippen LogP contribution in [-0.4, -0.2) is 16.7 Å². The fraction of sp³-hybridized carbons (Fsp3) is 0.429. The smallest absolute Gasteiger partial charge is 0.253 e. The molecule has 1 aromatic heterocycles. The summed E-state index contributed by atoms with van der Waals surface area (Å²) in [7, 11) is 0. The Hall–Kier alpha value is -1.40. The first kappa shape index (κ1) is 15.0. The molecule has 108 valence electrons. The first-order valence-corrected chi connectivity index (χ1v) is 7.39. The minimum atomic E-state index is 0.281. The Morgan fingerprint density at radius 2 is 2.20 bits per heavy atom. The second-order valence-electron chi connectivity index (χ2n) is 4.43. The van der Waals surface area contributed by atoms with Crippen LogP contribution in [0.1, 0.15) is 30.7 Å². The predicted molar refractivity (Wildman–Crippen MR) is 79.5 cm³/mol. The molecule has 0 saturated carbocycles. The van der Waals surface area contributed by atoms with Crippen LogP contribution >= 0.6 is 15.9 Å². The maximum absolute atomic E-state index is 5.77. The number of hydrogen-bond acceptors (Lipinski definition) is 5. The molecule has 1 N–H and O–H groups in total. The quantitative estimate of drug-likeness (QED) is 0.784. The standard InChI is InChI=1S/C14H18BrN3O2/c1-3-6-16-8-11-7-12(15)4-5-13(11)19-9-14-18-17-10(2)20-14/h4-5,7,16H,3,6,8-9H2,1-2H3. The molecule has 1 aromatic carbocycles. The Kier molecular flexibility index (Phi) is 5.55. The summed E-state index contributed by atoms with van der Waals surface area (Å²) in [6.45, 7) is 5.93. The van der Waals surface area contributed by atoms with Gasteiger partial charge in [-0.15, -0.1) is 10.2 Å². The Bertz CT molecular complexity index is 557. The van der Waals surface area contributed by atoms with Gasteiger partial charge in [0.1, 0.15) is 5.75 Å². The molecule has 0 aliphatic heterocycles. The zero-order chi connectivity index (χ0) is 14.4. The summed E-state index contributed by atoms with van der Waals surface area (Å²) in [6, 6.07) is 5.95. The van der Waals surface area contributed by atoms with E-state index in [-0.39, 0.29) is 6.61 Å². The van der Waals surface area contributed by atoms with E-state index in [1.165, 1.54) is 0 Å². The van der Waals surface area contributed by atoms with Crippen molar-refractivity contribution in [1.29, 1.82) is 0 Å². The van der Waals surface area contributed by atoms with E-state index in [0.717, 1.165) is 35.3 Å². The molecule has 0 saturated heterocycles. The van der Waals surface area contributed by atoms with Crippen LogP contribution in [0.4, 0.5) is 0 Å². The van der Waals surface area contributed by atoms with Gasteiger partial charge in [0.05, 0.1) is 0 Å². The predicted octanol–water partition coefficient (Wildman–Crippen LogP) is 3.22. The molecular formula is C14H18BrN3O2. The van der Waals surface area contributed by atoms with Gasteiger partial charge in [-0.2, -0.15) is 0 Å². The third-order valence-electron chi connectivity index (χ3n) is 2.68. The summed E-state index contributed by atoms with van der Waals surface area (Å²) in [5.41, 5.74) is 1.10. The lowest BCUT2D eigenvalue weighted by molar-refractivity contribution is 0.257. The summed E-state index contributed by atoms with van der Waals surface area (Å²) < 4.78 is 12.1. The molecule has 2 aromatic rings. The van der Waals surface area contributed by atoms with Crippen LogP contribution in [0.15, 0.2) is 27.1 Å². The van der Waals surface area contributed by atoms with Crippen molar-refractivity contribution >= 4 is 15.9 Å². The first-order chi connectivity index (χ1) is 9.69. The number of rotatable bonds is 7. The van der Waals surface area contributed by atoms with E-state index in [4.69, 9.17) is 9.15 Å². The highest BCUT2D eigenvalue weighted by Crippen LogP contribution is 2.24. The highest BCUT2D eigenvalue weighted by Gasteiger charge is 2.08. The fourth-order valence-electron chi connectivity index (χ4n) is 1.76. The third-order valence-corrected chi connectivity index (χ3v) is 3.18. The second kappa shape index (κ2) is 7.40. The van der Waals surface area contributed by atoms with Gasteiger partial charge in [0.2, 0.25) is 5.89 Å².